The second kappa shape index (κ2) is 3.93. The van der Waals surface area contributed by atoms with Gasteiger partial charge in [0.25, 0.3) is 0 Å². The van der Waals surface area contributed by atoms with E-state index in [1.54, 1.807) is 19.0 Å². The van der Waals surface area contributed by atoms with E-state index in [4.69, 9.17) is 0 Å². The van der Waals surface area contributed by atoms with Gasteiger partial charge in [0.05, 0.1) is 0 Å². The molecule has 2 rings (SSSR count). The van der Waals surface area contributed by atoms with Crippen LogP contribution in [0.3, 0.4) is 0 Å². The number of hydrogen-bond acceptors (Lipinski definition) is 1. The number of carbonyl (C=O) groups is 1. The van der Waals surface area contributed by atoms with E-state index in [0.29, 0.717) is 12.0 Å². The van der Waals surface area contributed by atoms with Gasteiger partial charge in [-0.15, -0.1) is 0 Å². The smallest absolute Gasteiger partial charge is 0.317 e. The summed E-state index contributed by atoms with van der Waals surface area (Å²) in [4.78, 5) is 13.0. The van der Waals surface area contributed by atoms with Crippen LogP contribution in [0.1, 0.15) is 17.9 Å². The Labute approximate surface area is 90.1 Å². The molecular formula is C12H16N2O. The Morgan fingerprint density at radius 1 is 1.33 bits per heavy atom. The van der Waals surface area contributed by atoms with Gasteiger partial charge in [-0.1, -0.05) is 30.3 Å². The second-order valence-electron chi connectivity index (χ2n) is 4.20. The van der Waals surface area contributed by atoms with Crippen molar-refractivity contribution in [3.05, 3.63) is 35.9 Å². The first kappa shape index (κ1) is 10.0. The molecule has 0 aliphatic heterocycles. The number of benzene rings is 1. The molecule has 80 valence electrons. The fourth-order valence-corrected chi connectivity index (χ4v) is 1.71. The Balaban J connectivity index is 1.89. The number of urea groups is 1. The molecular weight excluding hydrogens is 188 g/mol. The van der Waals surface area contributed by atoms with E-state index in [1.807, 2.05) is 18.2 Å². The lowest BCUT2D eigenvalue weighted by atomic mass is 10.1. The fraction of sp³-hybridized carbons (Fsp3) is 0.417. The van der Waals surface area contributed by atoms with Gasteiger partial charge in [-0.05, 0) is 12.0 Å². The van der Waals surface area contributed by atoms with Crippen molar-refractivity contribution in [3.63, 3.8) is 0 Å². The van der Waals surface area contributed by atoms with Gasteiger partial charge >= 0.3 is 6.03 Å². The van der Waals surface area contributed by atoms with Crippen LogP contribution in [0.4, 0.5) is 4.79 Å². The molecule has 3 nitrogen and oxygen atoms in total. The molecule has 0 radical (unpaired) electrons. The van der Waals surface area contributed by atoms with Crippen molar-refractivity contribution in [2.24, 2.45) is 0 Å². The first-order valence-electron chi connectivity index (χ1n) is 5.21. The van der Waals surface area contributed by atoms with Crippen LogP contribution in [0.15, 0.2) is 30.3 Å². The Morgan fingerprint density at radius 2 is 2.00 bits per heavy atom. The third-order valence-corrected chi connectivity index (χ3v) is 2.73. The highest BCUT2D eigenvalue weighted by molar-refractivity contribution is 5.74. The van der Waals surface area contributed by atoms with Crippen LogP contribution in [0.25, 0.3) is 0 Å². The molecule has 15 heavy (non-hydrogen) atoms. The van der Waals surface area contributed by atoms with Crippen molar-refractivity contribution in [3.8, 4) is 0 Å². The predicted octanol–water partition coefficient (Wildman–Crippen LogP) is 1.81. The minimum atomic E-state index is -0.00145. The number of amides is 2. The van der Waals surface area contributed by atoms with Gasteiger partial charge in [0.2, 0.25) is 0 Å². The molecule has 1 aliphatic carbocycles. The summed E-state index contributed by atoms with van der Waals surface area (Å²) in [5.74, 6) is 0.509. The Morgan fingerprint density at radius 3 is 2.60 bits per heavy atom. The molecule has 0 spiro atoms. The average Bonchev–Trinajstić information content (AvgIpc) is 2.98. The summed E-state index contributed by atoms with van der Waals surface area (Å²) in [6, 6.07) is 10.6. The summed E-state index contributed by atoms with van der Waals surface area (Å²) in [5, 5.41) is 2.99. The van der Waals surface area contributed by atoms with E-state index in [0.717, 1.165) is 6.42 Å². The molecule has 0 heterocycles. The third kappa shape index (κ3) is 2.29. The monoisotopic (exact) mass is 204 g/mol. The number of hydrogen-bond donors (Lipinski definition) is 1. The maximum atomic E-state index is 11.4. The standard InChI is InChI=1S/C12H16N2O/c1-14(2)12(15)13-11-8-10(11)9-6-4-3-5-7-9/h3-7,10-11H,8H2,1-2H3,(H,13,15). The molecule has 1 saturated carbocycles. The zero-order chi connectivity index (χ0) is 10.8. The van der Waals surface area contributed by atoms with Crippen molar-refractivity contribution in [2.45, 2.75) is 18.4 Å². The fourth-order valence-electron chi connectivity index (χ4n) is 1.71. The summed E-state index contributed by atoms with van der Waals surface area (Å²) in [6.07, 6.45) is 1.06. The second-order valence-corrected chi connectivity index (χ2v) is 4.20. The van der Waals surface area contributed by atoms with Crippen LogP contribution in [-0.4, -0.2) is 31.1 Å². The molecule has 0 aromatic heterocycles. The molecule has 1 N–H and O–H groups in total. The zero-order valence-electron chi connectivity index (χ0n) is 9.10. The molecule has 0 saturated heterocycles. The highest BCUT2D eigenvalue weighted by atomic mass is 16.2. The number of rotatable bonds is 2. The van der Waals surface area contributed by atoms with Crippen LogP contribution < -0.4 is 5.32 Å². The maximum Gasteiger partial charge on any atom is 0.317 e. The van der Waals surface area contributed by atoms with Gasteiger partial charge < -0.3 is 10.2 Å². The van der Waals surface area contributed by atoms with Crippen LogP contribution in [0.5, 0.6) is 0 Å². The molecule has 0 bridgehead atoms. The lowest BCUT2D eigenvalue weighted by Crippen LogP contribution is -2.36. The van der Waals surface area contributed by atoms with Gasteiger partial charge in [0.1, 0.15) is 0 Å². The summed E-state index contributed by atoms with van der Waals surface area (Å²) in [6.45, 7) is 0. The van der Waals surface area contributed by atoms with E-state index < -0.39 is 0 Å². The van der Waals surface area contributed by atoms with Crippen LogP contribution in [-0.2, 0) is 0 Å². The zero-order valence-corrected chi connectivity index (χ0v) is 9.10. The van der Waals surface area contributed by atoms with Crippen molar-refractivity contribution in [1.29, 1.82) is 0 Å². The van der Waals surface area contributed by atoms with Gasteiger partial charge in [-0.25, -0.2) is 4.79 Å². The predicted molar refractivity (Wildman–Crippen MR) is 59.8 cm³/mol. The van der Waals surface area contributed by atoms with E-state index in [-0.39, 0.29) is 6.03 Å². The highest BCUT2D eigenvalue weighted by Crippen LogP contribution is 2.40. The topological polar surface area (TPSA) is 32.3 Å². The Bertz CT molecular complexity index is 348. The largest absolute Gasteiger partial charge is 0.335 e. The van der Waals surface area contributed by atoms with Crippen LogP contribution in [0, 0.1) is 0 Å². The van der Waals surface area contributed by atoms with Gasteiger partial charge in [-0.2, -0.15) is 0 Å². The summed E-state index contributed by atoms with van der Waals surface area (Å²) < 4.78 is 0. The number of carbonyl (C=O) groups excluding carboxylic acids is 1. The molecule has 3 heteroatoms. The van der Waals surface area contributed by atoms with E-state index in [2.05, 4.69) is 17.4 Å². The molecule has 1 aromatic carbocycles. The van der Waals surface area contributed by atoms with Crippen molar-refractivity contribution < 1.29 is 4.79 Å². The molecule has 2 amide bonds. The number of nitrogens with zero attached hydrogens (tertiary/aromatic N) is 1. The van der Waals surface area contributed by atoms with Crippen LogP contribution >= 0.6 is 0 Å². The van der Waals surface area contributed by atoms with Crippen LogP contribution in [0.2, 0.25) is 0 Å². The lowest BCUT2D eigenvalue weighted by Gasteiger charge is -2.11. The minimum absolute atomic E-state index is 0.00145. The highest BCUT2D eigenvalue weighted by Gasteiger charge is 2.39. The normalized spacial score (nSPS) is 23.3. The molecule has 1 aliphatic rings. The molecule has 2 atom stereocenters. The summed E-state index contributed by atoms with van der Waals surface area (Å²) >= 11 is 0. The SMILES string of the molecule is CN(C)C(=O)NC1CC1c1ccccc1. The Kier molecular flexibility index (Phi) is 2.62. The van der Waals surface area contributed by atoms with E-state index in [9.17, 15) is 4.79 Å². The minimum Gasteiger partial charge on any atom is -0.335 e. The maximum absolute atomic E-state index is 11.4. The van der Waals surface area contributed by atoms with E-state index in [1.165, 1.54) is 5.56 Å². The first-order chi connectivity index (χ1) is 7.18. The van der Waals surface area contributed by atoms with Crippen molar-refractivity contribution in [1.82, 2.24) is 10.2 Å². The quantitative estimate of drug-likeness (QED) is 0.783. The van der Waals surface area contributed by atoms with E-state index >= 15 is 0 Å². The molecule has 1 fully saturated rings. The number of nitrogens with one attached hydrogen (secondary N) is 1. The Hall–Kier alpha value is -1.51. The first-order valence-corrected chi connectivity index (χ1v) is 5.21. The lowest BCUT2D eigenvalue weighted by molar-refractivity contribution is 0.217. The molecule has 2 unspecified atom stereocenters. The van der Waals surface area contributed by atoms with Crippen molar-refractivity contribution in [2.75, 3.05) is 14.1 Å². The molecule has 1 aromatic rings. The summed E-state index contributed by atoms with van der Waals surface area (Å²) in [5.41, 5.74) is 1.32. The van der Waals surface area contributed by atoms with Crippen molar-refractivity contribution >= 4 is 6.03 Å². The van der Waals surface area contributed by atoms with Gasteiger partial charge in [0.15, 0.2) is 0 Å². The average molecular weight is 204 g/mol. The van der Waals surface area contributed by atoms with Gasteiger partial charge in [0, 0.05) is 26.1 Å². The van der Waals surface area contributed by atoms with Gasteiger partial charge in [-0.3, -0.25) is 0 Å². The third-order valence-electron chi connectivity index (χ3n) is 2.73. The summed E-state index contributed by atoms with van der Waals surface area (Å²) in [7, 11) is 3.52.